The summed E-state index contributed by atoms with van der Waals surface area (Å²) in [7, 11) is 0. The molecular formula is C26H34ClN5O2. The summed E-state index contributed by atoms with van der Waals surface area (Å²) in [5.41, 5.74) is 9.34. The van der Waals surface area contributed by atoms with Crippen molar-refractivity contribution in [2.24, 2.45) is 11.7 Å². The Labute approximate surface area is 206 Å². The minimum Gasteiger partial charge on any atom is -0.508 e. The van der Waals surface area contributed by atoms with Crippen molar-refractivity contribution in [3.05, 3.63) is 59.2 Å². The number of phenolic OH excluding ortho intramolecular Hbond substituents is 1. The van der Waals surface area contributed by atoms with Gasteiger partial charge in [-0.1, -0.05) is 32.4 Å². The van der Waals surface area contributed by atoms with E-state index in [0.717, 1.165) is 34.4 Å². The van der Waals surface area contributed by atoms with Crippen LogP contribution >= 0.6 is 11.6 Å². The van der Waals surface area contributed by atoms with Gasteiger partial charge in [-0.25, -0.2) is 0 Å². The molecule has 0 fully saturated rings. The standard InChI is InChI=1S/C26H34ClN5O2/c1-4-32(12-11-30-26(34)22(28)13-17(2)3)16-18-14-20(6-8-25(18)33)31-23-9-10-29-24-15-19(27)5-7-21(23)24/h5-10,14-15,17,22,33H,4,11-13,16,28H2,1-3H3,(H,29,31)(H,30,34)/t22-/m0/s1. The van der Waals surface area contributed by atoms with Crippen LogP contribution in [0.25, 0.3) is 10.9 Å². The van der Waals surface area contributed by atoms with Gasteiger partial charge in [0.15, 0.2) is 0 Å². The van der Waals surface area contributed by atoms with E-state index in [1.165, 1.54) is 0 Å². The van der Waals surface area contributed by atoms with Gasteiger partial charge in [-0.2, -0.15) is 0 Å². The average Bonchev–Trinajstić information content (AvgIpc) is 2.79. The number of benzene rings is 2. The van der Waals surface area contributed by atoms with Gasteiger partial charge in [-0.3, -0.25) is 14.7 Å². The smallest absolute Gasteiger partial charge is 0.236 e. The molecule has 1 atom stereocenters. The van der Waals surface area contributed by atoms with Crippen LogP contribution in [0.3, 0.4) is 0 Å². The Balaban J connectivity index is 1.64. The largest absolute Gasteiger partial charge is 0.508 e. The normalized spacial score (nSPS) is 12.3. The molecule has 0 unspecified atom stereocenters. The number of nitrogens with zero attached hydrogens (tertiary/aromatic N) is 2. The van der Waals surface area contributed by atoms with E-state index in [9.17, 15) is 9.90 Å². The molecule has 1 amide bonds. The van der Waals surface area contributed by atoms with Crippen LogP contribution in [0, 0.1) is 5.92 Å². The SMILES string of the molecule is CCN(CCNC(=O)[C@@H](N)CC(C)C)Cc1cc(Nc2ccnc3cc(Cl)ccc23)ccc1O. The molecule has 7 nitrogen and oxygen atoms in total. The number of nitrogens with one attached hydrogen (secondary N) is 2. The van der Waals surface area contributed by atoms with Crippen LogP contribution in [-0.4, -0.2) is 46.6 Å². The Morgan fingerprint density at radius 2 is 2.00 bits per heavy atom. The average molecular weight is 484 g/mol. The Morgan fingerprint density at radius 1 is 1.21 bits per heavy atom. The molecule has 2 aromatic carbocycles. The van der Waals surface area contributed by atoms with Gasteiger partial charge < -0.3 is 21.5 Å². The summed E-state index contributed by atoms with van der Waals surface area (Å²) in [5.74, 6) is 0.489. The number of aromatic hydroxyl groups is 1. The minimum absolute atomic E-state index is 0.121. The third-order valence-electron chi connectivity index (χ3n) is 5.69. The van der Waals surface area contributed by atoms with Crippen molar-refractivity contribution < 1.29 is 9.90 Å². The molecule has 0 aliphatic rings. The molecular weight excluding hydrogens is 450 g/mol. The molecule has 0 saturated heterocycles. The van der Waals surface area contributed by atoms with Crippen LogP contribution < -0.4 is 16.4 Å². The number of hydrogen-bond acceptors (Lipinski definition) is 6. The third kappa shape index (κ3) is 7.06. The second kappa shape index (κ2) is 12.0. The van der Waals surface area contributed by atoms with E-state index in [0.29, 0.717) is 37.0 Å². The number of amides is 1. The predicted molar refractivity (Wildman–Crippen MR) is 140 cm³/mol. The van der Waals surface area contributed by atoms with E-state index in [2.05, 4.69) is 27.4 Å². The molecule has 0 saturated carbocycles. The van der Waals surface area contributed by atoms with E-state index in [1.807, 2.05) is 50.2 Å². The maximum absolute atomic E-state index is 12.2. The van der Waals surface area contributed by atoms with Gasteiger partial charge in [0.1, 0.15) is 5.75 Å². The van der Waals surface area contributed by atoms with Crippen LogP contribution in [0.4, 0.5) is 11.4 Å². The number of carbonyl (C=O) groups excluding carboxylic acids is 1. The van der Waals surface area contributed by atoms with E-state index >= 15 is 0 Å². The zero-order chi connectivity index (χ0) is 24.7. The lowest BCUT2D eigenvalue weighted by atomic mass is 10.0. The predicted octanol–water partition coefficient (Wildman–Crippen LogP) is 4.65. The first kappa shape index (κ1) is 25.7. The summed E-state index contributed by atoms with van der Waals surface area (Å²) >= 11 is 6.10. The van der Waals surface area contributed by atoms with Crippen molar-refractivity contribution >= 4 is 39.8 Å². The number of aromatic nitrogens is 1. The molecule has 3 rings (SSSR count). The third-order valence-corrected chi connectivity index (χ3v) is 5.93. The first-order valence-electron chi connectivity index (χ1n) is 11.7. The molecule has 182 valence electrons. The van der Waals surface area contributed by atoms with Crippen molar-refractivity contribution in [2.45, 2.75) is 39.8 Å². The summed E-state index contributed by atoms with van der Waals surface area (Å²) in [4.78, 5) is 18.7. The zero-order valence-corrected chi connectivity index (χ0v) is 20.8. The number of anilines is 2. The monoisotopic (exact) mass is 483 g/mol. The van der Waals surface area contributed by atoms with Crippen LogP contribution in [0.2, 0.25) is 5.02 Å². The van der Waals surface area contributed by atoms with Gasteiger partial charge in [0.05, 0.1) is 11.6 Å². The number of pyridine rings is 1. The van der Waals surface area contributed by atoms with Crippen LogP contribution in [0.1, 0.15) is 32.8 Å². The summed E-state index contributed by atoms with van der Waals surface area (Å²) in [6, 6.07) is 12.5. The fraction of sp³-hybridized carbons (Fsp3) is 0.385. The topological polar surface area (TPSA) is 104 Å². The number of hydrogen-bond donors (Lipinski definition) is 4. The Hall–Kier alpha value is -2.87. The Morgan fingerprint density at radius 3 is 2.74 bits per heavy atom. The van der Waals surface area contributed by atoms with E-state index in [1.54, 1.807) is 12.3 Å². The van der Waals surface area contributed by atoms with Crippen molar-refractivity contribution in [3.8, 4) is 5.75 Å². The second-order valence-corrected chi connectivity index (χ2v) is 9.32. The fourth-order valence-corrected chi connectivity index (χ4v) is 4.02. The lowest BCUT2D eigenvalue weighted by Gasteiger charge is -2.22. The Kier molecular flexibility index (Phi) is 9.10. The molecule has 5 N–H and O–H groups in total. The molecule has 1 heterocycles. The molecule has 0 aliphatic heterocycles. The highest BCUT2D eigenvalue weighted by Crippen LogP contribution is 2.29. The van der Waals surface area contributed by atoms with Gasteiger partial charge in [0, 0.05) is 53.2 Å². The maximum atomic E-state index is 12.2. The molecule has 0 spiro atoms. The number of fused-ring (bicyclic) bond motifs is 1. The number of carbonyl (C=O) groups is 1. The number of halogens is 1. The summed E-state index contributed by atoms with van der Waals surface area (Å²) in [5, 5.41) is 18.4. The fourth-order valence-electron chi connectivity index (χ4n) is 3.85. The van der Waals surface area contributed by atoms with Crippen molar-refractivity contribution in [2.75, 3.05) is 25.0 Å². The second-order valence-electron chi connectivity index (χ2n) is 8.88. The Bertz CT molecular complexity index is 1120. The zero-order valence-electron chi connectivity index (χ0n) is 20.0. The lowest BCUT2D eigenvalue weighted by molar-refractivity contribution is -0.122. The molecule has 8 heteroatoms. The van der Waals surface area contributed by atoms with E-state index in [4.69, 9.17) is 17.3 Å². The summed E-state index contributed by atoms with van der Waals surface area (Å²) < 4.78 is 0. The van der Waals surface area contributed by atoms with E-state index < -0.39 is 6.04 Å². The van der Waals surface area contributed by atoms with Crippen molar-refractivity contribution in [1.82, 2.24) is 15.2 Å². The molecule has 3 aromatic rings. The quantitative estimate of drug-likeness (QED) is 0.296. The number of rotatable bonds is 11. The van der Waals surface area contributed by atoms with E-state index in [-0.39, 0.29) is 11.7 Å². The number of likely N-dealkylation sites (N-methyl/N-ethyl adjacent to an activating group) is 1. The van der Waals surface area contributed by atoms with Crippen molar-refractivity contribution in [1.29, 1.82) is 0 Å². The summed E-state index contributed by atoms with van der Waals surface area (Å²) in [6.07, 6.45) is 2.40. The van der Waals surface area contributed by atoms with Crippen LogP contribution in [0.5, 0.6) is 5.75 Å². The first-order chi connectivity index (χ1) is 16.3. The van der Waals surface area contributed by atoms with Crippen LogP contribution in [-0.2, 0) is 11.3 Å². The highest BCUT2D eigenvalue weighted by molar-refractivity contribution is 6.31. The molecule has 0 aliphatic carbocycles. The highest BCUT2D eigenvalue weighted by atomic mass is 35.5. The lowest BCUT2D eigenvalue weighted by Crippen LogP contribution is -2.44. The number of nitrogens with two attached hydrogens (primary N) is 1. The molecule has 1 aromatic heterocycles. The molecule has 34 heavy (non-hydrogen) atoms. The van der Waals surface area contributed by atoms with Gasteiger partial charge >= 0.3 is 0 Å². The van der Waals surface area contributed by atoms with Gasteiger partial charge in [0.2, 0.25) is 5.91 Å². The number of phenols is 1. The maximum Gasteiger partial charge on any atom is 0.236 e. The molecule has 0 radical (unpaired) electrons. The van der Waals surface area contributed by atoms with Crippen molar-refractivity contribution in [3.63, 3.8) is 0 Å². The van der Waals surface area contributed by atoms with Crippen LogP contribution in [0.15, 0.2) is 48.7 Å². The first-order valence-corrected chi connectivity index (χ1v) is 12.0. The van der Waals surface area contributed by atoms with Gasteiger partial charge in [-0.15, -0.1) is 0 Å². The highest BCUT2D eigenvalue weighted by Gasteiger charge is 2.15. The minimum atomic E-state index is -0.484. The summed E-state index contributed by atoms with van der Waals surface area (Å²) in [6.45, 7) is 8.65. The molecule has 0 bridgehead atoms. The van der Waals surface area contributed by atoms with Gasteiger partial charge in [-0.05, 0) is 61.3 Å². The van der Waals surface area contributed by atoms with Gasteiger partial charge in [0.25, 0.3) is 0 Å².